The van der Waals surface area contributed by atoms with E-state index in [9.17, 15) is 33.3 Å². The van der Waals surface area contributed by atoms with Crippen molar-refractivity contribution in [1.82, 2.24) is 9.55 Å². The molecule has 5 heterocycles. The van der Waals surface area contributed by atoms with E-state index >= 15 is 0 Å². The summed E-state index contributed by atoms with van der Waals surface area (Å²) in [6.07, 6.45) is -3.94. The van der Waals surface area contributed by atoms with E-state index in [0.717, 1.165) is 6.07 Å². The predicted octanol–water partition coefficient (Wildman–Crippen LogP) is 2.38. The number of carbonyl (C=O) groups excluding carboxylic acids is 2. The van der Waals surface area contributed by atoms with Crippen LogP contribution in [0, 0.1) is 10.1 Å². The molecule has 3 aliphatic rings. The summed E-state index contributed by atoms with van der Waals surface area (Å²) in [6, 6.07) is 2.62. The van der Waals surface area contributed by atoms with Crippen LogP contribution in [0.4, 0.5) is 14.5 Å². The van der Waals surface area contributed by atoms with Crippen LogP contribution in [-0.2, 0) is 44.2 Å². The number of carbonyl (C=O) groups is 2. The van der Waals surface area contributed by atoms with Gasteiger partial charge in [-0.2, -0.15) is 0 Å². The molecule has 1 aromatic carbocycles. The van der Waals surface area contributed by atoms with Crippen molar-refractivity contribution >= 4 is 28.5 Å². The van der Waals surface area contributed by atoms with Gasteiger partial charge >= 0.3 is 23.9 Å². The number of halogens is 2. The number of aryl methyl sites for hydroxylation is 1. The highest BCUT2D eigenvalue weighted by Crippen LogP contribution is 2.52. The summed E-state index contributed by atoms with van der Waals surface area (Å²) in [5, 5.41) is 12.1. The number of ether oxygens (including phenoxy) is 4. The van der Waals surface area contributed by atoms with Crippen molar-refractivity contribution < 1.29 is 42.2 Å². The number of benzene rings is 1. The Kier molecular flexibility index (Phi) is 5.39. The van der Waals surface area contributed by atoms with Crippen LogP contribution in [0.3, 0.4) is 0 Å². The highest BCUT2D eigenvalue weighted by atomic mass is 19.3. The number of nitro benzene ring substituents is 1. The van der Waals surface area contributed by atoms with Gasteiger partial charge in [-0.1, -0.05) is 13.8 Å². The highest BCUT2D eigenvalue weighted by Gasteiger charge is 2.51. The van der Waals surface area contributed by atoms with Gasteiger partial charge in [0.15, 0.2) is 5.75 Å². The Labute approximate surface area is 222 Å². The molecule has 6 rings (SSSR count). The van der Waals surface area contributed by atoms with Gasteiger partial charge in [-0.05, 0) is 24.5 Å². The third-order valence-corrected chi connectivity index (χ3v) is 7.39. The lowest BCUT2D eigenvalue weighted by Crippen LogP contribution is -2.48. The smallest absolute Gasteiger partial charge is 0.457 e. The van der Waals surface area contributed by atoms with Gasteiger partial charge in [0, 0.05) is 17.2 Å². The molecule has 3 aliphatic heterocycles. The zero-order valence-electron chi connectivity index (χ0n) is 21.0. The number of hydrogen-bond acceptors (Lipinski definition) is 11. The van der Waals surface area contributed by atoms with Crippen LogP contribution in [0.1, 0.15) is 42.5 Å². The summed E-state index contributed by atoms with van der Waals surface area (Å²) in [4.78, 5) is 54.6. The second kappa shape index (κ2) is 8.42. The molecule has 0 saturated carbocycles. The maximum absolute atomic E-state index is 13.9. The quantitative estimate of drug-likeness (QED) is 0.216. The Morgan fingerprint density at radius 3 is 2.65 bits per heavy atom. The molecule has 0 spiro atoms. The topological polar surface area (TPSA) is 175 Å². The fourth-order valence-electron chi connectivity index (χ4n) is 5.67. The lowest BCUT2D eigenvalue weighted by molar-refractivity contribution is -0.385. The molecule has 40 heavy (non-hydrogen) atoms. The first-order valence-corrected chi connectivity index (χ1v) is 12.3. The molecule has 15 heteroatoms. The number of aromatic nitrogens is 2. The summed E-state index contributed by atoms with van der Waals surface area (Å²) >= 11 is 0. The predicted molar refractivity (Wildman–Crippen MR) is 130 cm³/mol. The third kappa shape index (κ3) is 3.33. The van der Waals surface area contributed by atoms with Gasteiger partial charge in [0.25, 0.3) is 11.3 Å². The van der Waals surface area contributed by atoms with Crippen LogP contribution in [-0.4, -0.2) is 39.3 Å². The number of alkyl halides is 2. The first-order chi connectivity index (χ1) is 19.0. The van der Waals surface area contributed by atoms with Crippen molar-refractivity contribution in [3.8, 4) is 22.9 Å². The number of nitrogens with two attached hydrogens (primary N) is 1. The molecule has 0 saturated heterocycles. The normalized spacial score (nSPS) is 19.6. The number of hydrogen-bond donors (Lipinski definition) is 1. The number of rotatable bonds is 5. The number of nitrogens with zero attached hydrogens (tertiary/aromatic N) is 3. The summed E-state index contributed by atoms with van der Waals surface area (Å²) < 4.78 is 48.8. The summed E-state index contributed by atoms with van der Waals surface area (Å²) in [6.45, 7) is 2.38. The number of nitro groups is 1. The van der Waals surface area contributed by atoms with Crippen molar-refractivity contribution in [3.05, 3.63) is 54.9 Å². The van der Waals surface area contributed by atoms with E-state index in [1.807, 2.05) is 0 Å². The van der Waals surface area contributed by atoms with Gasteiger partial charge < -0.3 is 29.2 Å². The maximum Gasteiger partial charge on any atom is 0.586 e. The SMILES string of the molecule is CCc1c2c(nc3cc4c(c([N+](=O)[O-])c13)OC(F)(F)O4)-c1cc3c(c(=O)n1C2)COC(=O)C3(CC)OC(=O)CN. The molecular formula is C25H20F2N4O9. The van der Waals surface area contributed by atoms with Gasteiger partial charge in [-0.3, -0.25) is 19.7 Å². The Bertz CT molecular complexity index is 1750. The zero-order valence-corrected chi connectivity index (χ0v) is 21.0. The highest BCUT2D eigenvalue weighted by molar-refractivity contribution is 5.99. The molecule has 3 aromatic rings. The minimum atomic E-state index is -4.10. The fraction of sp³-hybridized carbons (Fsp3) is 0.360. The largest absolute Gasteiger partial charge is 0.586 e. The molecule has 1 atom stereocenters. The van der Waals surface area contributed by atoms with Crippen molar-refractivity contribution in [2.45, 2.75) is 51.7 Å². The van der Waals surface area contributed by atoms with Crippen LogP contribution >= 0.6 is 0 Å². The summed E-state index contributed by atoms with van der Waals surface area (Å²) in [5.41, 5.74) is 3.76. The maximum atomic E-state index is 13.9. The first kappa shape index (κ1) is 25.6. The van der Waals surface area contributed by atoms with Gasteiger partial charge in [0.2, 0.25) is 5.60 Å². The van der Waals surface area contributed by atoms with E-state index in [-0.39, 0.29) is 59.4 Å². The second-order valence-corrected chi connectivity index (χ2v) is 9.39. The van der Waals surface area contributed by atoms with Gasteiger partial charge in [0.05, 0.1) is 45.9 Å². The molecule has 0 bridgehead atoms. The van der Waals surface area contributed by atoms with Crippen molar-refractivity contribution in [1.29, 1.82) is 0 Å². The Hall–Kier alpha value is -4.66. The molecule has 1 unspecified atom stereocenters. The number of pyridine rings is 2. The lowest BCUT2D eigenvalue weighted by Gasteiger charge is -2.35. The average molecular weight is 558 g/mol. The van der Waals surface area contributed by atoms with Crippen LogP contribution in [0.2, 0.25) is 0 Å². The number of esters is 2. The van der Waals surface area contributed by atoms with E-state index in [4.69, 9.17) is 15.2 Å². The molecule has 0 fully saturated rings. The van der Waals surface area contributed by atoms with E-state index in [0.29, 0.717) is 11.1 Å². The van der Waals surface area contributed by atoms with Crippen LogP contribution < -0.4 is 20.8 Å². The molecule has 0 radical (unpaired) electrons. The minimum Gasteiger partial charge on any atom is -0.457 e. The molecule has 2 N–H and O–H groups in total. The molecular weight excluding hydrogens is 538 g/mol. The number of fused-ring (bicyclic) bond motifs is 6. The third-order valence-electron chi connectivity index (χ3n) is 7.39. The van der Waals surface area contributed by atoms with Gasteiger partial charge in [-0.25, -0.2) is 9.78 Å². The Morgan fingerprint density at radius 1 is 1.25 bits per heavy atom. The Morgan fingerprint density at radius 2 is 2.00 bits per heavy atom. The second-order valence-electron chi connectivity index (χ2n) is 9.39. The monoisotopic (exact) mass is 558 g/mol. The molecule has 13 nitrogen and oxygen atoms in total. The fourth-order valence-corrected chi connectivity index (χ4v) is 5.67. The van der Waals surface area contributed by atoms with Crippen molar-refractivity contribution in [2.24, 2.45) is 5.73 Å². The van der Waals surface area contributed by atoms with Gasteiger partial charge in [-0.15, -0.1) is 8.78 Å². The standard InChI is InChI=1S/C25H20F2N4O9/c1-3-10-11-8-30-15(5-13-12(22(30)33)9-37-23(34)24(13,4-2)39-17(32)7-28)19(11)29-14-6-16-21(40-25(26,27)38-16)20(18(10)14)31(35)36/h5-6H,3-4,7-9,28H2,1-2H3. The number of cyclic esters (lactones) is 1. The molecule has 0 aliphatic carbocycles. The lowest BCUT2D eigenvalue weighted by atomic mass is 9.85. The molecule has 208 valence electrons. The van der Waals surface area contributed by atoms with Crippen molar-refractivity contribution in [2.75, 3.05) is 6.54 Å². The van der Waals surface area contributed by atoms with E-state index in [1.165, 1.54) is 10.6 Å². The van der Waals surface area contributed by atoms with Gasteiger partial charge in [0.1, 0.15) is 6.61 Å². The molecule has 2 aromatic heterocycles. The van der Waals surface area contributed by atoms with E-state index < -0.39 is 58.0 Å². The Balaban J connectivity index is 1.65. The first-order valence-electron chi connectivity index (χ1n) is 12.3. The van der Waals surface area contributed by atoms with E-state index in [2.05, 4.69) is 14.5 Å². The summed E-state index contributed by atoms with van der Waals surface area (Å²) in [5.74, 6) is -3.02. The van der Waals surface area contributed by atoms with Crippen LogP contribution in [0.5, 0.6) is 11.5 Å². The summed E-state index contributed by atoms with van der Waals surface area (Å²) in [7, 11) is 0. The average Bonchev–Trinajstić information content (AvgIpc) is 3.42. The van der Waals surface area contributed by atoms with Crippen LogP contribution in [0.15, 0.2) is 16.9 Å². The minimum absolute atomic E-state index is 0.0183. The van der Waals surface area contributed by atoms with Crippen LogP contribution in [0.25, 0.3) is 22.3 Å². The van der Waals surface area contributed by atoms with E-state index in [1.54, 1.807) is 13.8 Å². The molecule has 0 amide bonds. The van der Waals surface area contributed by atoms with Crippen molar-refractivity contribution in [3.63, 3.8) is 0 Å². The zero-order chi connectivity index (χ0) is 28.7.